The Balaban J connectivity index is 1.88. The maximum atomic E-state index is 4.47. The van der Waals surface area contributed by atoms with Gasteiger partial charge in [-0.25, -0.2) is 0 Å². The van der Waals surface area contributed by atoms with Crippen molar-refractivity contribution >= 4 is 0 Å². The minimum atomic E-state index is 0.580. The van der Waals surface area contributed by atoms with Crippen LogP contribution in [-0.2, 0) is 6.54 Å². The smallest absolute Gasteiger partial charge is 0.0573 e. The van der Waals surface area contributed by atoms with Gasteiger partial charge in [-0.15, -0.1) is 0 Å². The van der Waals surface area contributed by atoms with E-state index >= 15 is 0 Å². The highest BCUT2D eigenvalue weighted by Gasteiger charge is 2.23. The first-order valence-corrected chi connectivity index (χ1v) is 6.54. The highest BCUT2D eigenvalue weighted by atomic mass is 15.2. The Morgan fingerprint density at radius 1 is 1.53 bits per heavy atom. The molecular weight excluding hydrogens is 210 g/mol. The van der Waals surface area contributed by atoms with Crippen molar-refractivity contribution in [1.29, 1.82) is 0 Å². The number of likely N-dealkylation sites (tertiary alicyclic amines) is 1. The number of hydrogen-bond acceptors (Lipinski definition) is 3. The zero-order valence-corrected chi connectivity index (χ0v) is 11.1. The molecule has 0 spiro atoms. The Hall–Kier alpha value is -0.930. The topological polar surface area (TPSA) is 28.2 Å². The van der Waals surface area contributed by atoms with Gasteiger partial charge in [0.2, 0.25) is 0 Å². The van der Waals surface area contributed by atoms with Gasteiger partial charge in [0.15, 0.2) is 0 Å². The molecule has 1 saturated heterocycles. The molecule has 1 atom stereocenters. The third-order valence-corrected chi connectivity index (χ3v) is 3.33. The third-order valence-electron chi connectivity index (χ3n) is 3.33. The van der Waals surface area contributed by atoms with E-state index in [0.717, 1.165) is 13.1 Å². The first-order chi connectivity index (χ1) is 8.15. The number of hydrogen-bond donors (Lipinski definition) is 1. The van der Waals surface area contributed by atoms with Gasteiger partial charge in [0, 0.05) is 37.9 Å². The lowest BCUT2D eigenvalue weighted by Gasteiger charge is -2.18. The summed E-state index contributed by atoms with van der Waals surface area (Å²) < 4.78 is 0. The predicted octanol–water partition coefficient (Wildman–Crippen LogP) is 1.96. The van der Waals surface area contributed by atoms with E-state index in [1.165, 1.54) is 24.2 Å². The summed E-state index contributed by atoms with van der Waals surface area (Å²) in [6.45, 7) is 9.89. The second kappa shape index (κ2) is 5.61. The fourth-order valence-electron chi connectivity index (χ4n) is 2.48. The lowest BCUT2D eigenvalue weighted by molar-refractivity contribution is 0.312. The largest absolute Gasteiger partial charge is 0.310 e. The summed E-state index contributed by atoms with van der Waals surface area (Å²) in [6.07, 6.45) is 3.15. The van der Waals surface area contributed by atoms with Crippen LogP contribution in [0.15, 0.2) is 18.3 Å². The van der Waals surface area contributed by atoms with Crippen LogP contribution in [0.1, 0.15) is 31.5 Å². The monoisotopic (exact) mass is 233 g/mol. The highest BCUT2D eigenvalue weighted by molar-refractivity contribution is 5.17. The second-order valence-electron chi connectivity index (χ2n) is 5.31. The molecule has 0 bridgehead atoms. The molecule has 94 valence electrons. The van der Waals surface area contributed by atoms with Gasteiger partial charge in [-0.3, -0.25) is 9.88 Å². The first kappa shape index (κ1) is 12.5. The molecule has 0 amide bonds. The molecule has 2 rings (SSSR count). The second-order valence-corrected chi connectivity index (χ2v) is 5.31. The minimum Gasteiger partial charge on any atom is -0.310 e. The van der Waals surface area contributed by atoms with Crippen LogP contribution in [0, 0.1) is 6.92 Å². The zero-order valence-electron chi connectivity index (χ0n) is 11.1. The number of aromatic nitrogens is 1. The van der Waals surface area contributed by atoms with E-state index in [2.05, 4.69) is 42.0 Å². The summed E-state index contributed by atoms with van der Waals surface area (Å²) in [5.74, 6) is 0. The zero-order chi connectivity index (χ0) is 12.3. The standard InChI is InChI=1S/C14H23N3/c1-11(2)16-13-6-8-17(9-13)10-14-12(3)5-4-7-15-14/h4-5,7,11,13,16H,6,8-10H2,1-3H3. The maximum absolute atomic E-state index is 4.47. The van der Waals surface area contributed by atoms with Gasteiger partial charge in [-0.05, 0) is 25.0 Å². The number of nitrogens with one attached hydrogen (secondary N) is 1. The summed E-state index contributed by atoms with van der Waals surface area (Å²) in [5, 5.41) is 3.61. The van der Waals surface area contributed by atoms with Crippen molar-refractivity contribution in [3.8, 4) is 0 Å². The van der Waals surface area contributed by atoms with E-state index in [0.29, 0.717) is 12.1 Å². The first-order valence-electron chi connectivity index (χ1n) is 6.54. The minimum absolute atomic E-state index is 0.580. The predicted molar refractivity (Wildman–Crippen MR) is 70.9 cm³/mol. The number of nitrogens with zero attached hydrogens (tertiary/aromatic N) is 2. The van der Waals surface area contributed by atoms with Crippen molar-refractivity contribution in [3.05, 3.63) is 29.6 Å². The van der Waals surface area contributed by atoms with Gasteiger partial charge < -0.3 is 5.32 Å². The van der Waals surface area contributed by atoms with Gasteiger partial charge in [0.25, 0.3) is 0 Å². The molecule has 2 heterocycles. The molecule has 1 aromatic heterocycles. The number of pyridine rings is 1. The van der Waals surface area contributed by atoms with Crippen LogP contribution < -0.4 is 5.32 Å². The molecule has 1 aromatic rings. The van der Waals surface area contributed by atoms with E-state index in [9.17, 15) is 0 Å². The van der Waals surface area contributed by atoms with Crippen molar-refractivity contribution < 1.29 is 0 Å². The van der Waals surface area contributed by atoms with Crippen LogP contribution in [0.5, 0.6) is 0 Å². The molecule has 3 nitrogen and oxygen atoms in total. The molecule has 0 radical (unpaired) electrons. The lowest BCUT2D eigenvalue weighted by Crippen LogP contribution is -2.36. The van der Waals surface area contributed by atoms with Crippen molar-refractivity contribution in [2.24, 2.45) is 0 Å². The Morgan fingerprint density at radius 3 is 3.06 bits per heavy atom. The highest BCUT2D eigenvalue weighted by Crippen LogP contribution is 2.14. The van der Waals surface area contributed by atoms with Crippen molar-refractivity contribution in [2.75, 3.05) is 13.1 Å². The molecule has 0 aromatic carbocycles. The molecule has 1 aliphatic rings. The van der Waals surface area contributed by atoms with Crippen molar-refractivity contribution in [3.63, 3.8) is 0 Å². The van der Waals surface area contributed by atoms with E-state index in [1.807, 2.05) is 12.3 Å². The molecule has 1 aliphatic heterocycles. The molecule has 0 saturated carbocycles. The average molecular weight is 233 g/mol. The molecular formula is C14H23N3. The third kappa shape index (κ3) is 3.51. The van der Waals surface area contributed by atoms with Crippen LogP contribution in [0.3, 0.4) is 0 Å². The quantitative estimate of drug-likeness (QED) is 0.861. The molecule has 1 fully saturated rings. The Kier molecular flexibility index (Phi) is 4.13. The van der Waals surface area contributed by atoms with Gasteiger partial charge >= 0.3 is 0 Å². The van der Waals surface area contributed by atoms with Gasteiger partial charge in [-0.2, -0.15) is 0 Å². The van der Waals surface area contributed by atoms with Crippen molar-refractivity contribution in [1.82, 2.24) is 15.2 Å². The summed E-state index contributed by atoms with van der Waals surface area (Å²) in [6, 6.07) is 5.38. The number of rotatable bonds is 4. The fraction of sp³-hybridized carbons (Fsp3) is 0.643. The molecule has 17 heavy (non-hydrogen) atoms. The van der Waals surface area contributed by atoms with Crippen LogP contribution >= 0.6 is 0 Å². The van der Waals surface area contributed by atoms with Gasteiger partial charge in [0.05, 0.1) is 5.69 Å². The Morgan fingerprint density at radius 2 is 2.35 bits per heavy atom. The van der Waals surface area contributed by atoms with Crippen molar-refractivity contribution in [2.45, 2.75) is 45.8 Å². The van der Waals surface area contributed by atoms with E-state index in [1.54, 1.807) is 0 Å². The summed E-state index contributed by atoms with van der Waals surface area (Å²) >= 11 is 0. The van der Waals surface area contributed by atoms with Gasteiger partial charge in [0.1, 0.15) is 0 Å². The Labute approximate surface area is 104 Å². The van der Waals surface area contributed by atoms with E-state index in [4.69, 9.17) is 0 Å². The summed E-state index contributed by atoms with van der Waals surface area (Å²) in [5.41, 5.74) is 2.52. The lowest BCUT2D eigenvalue weighted by atomic mass is 10.2. The van der Waals surface area contributed by atoms with Crippen LogP contribution in [-0.4, -0.2) is 35.1 Å². The van der Waals surface area contributed by atoms with Crippen LogP contribution in [0.4, 0.5) is 0 Å². The summed E-state index contributed by atoms with van der Waals surface area (Å²) in [4.78, 5) is 6.96. The Bertz CT molecular complexity index is 362. The summed E-state index contributed by atoms with van der Waals surface area (Å²) in [7, 11) is 0. The van der Waals surface area contributed by atoms with Crippen LogP contribution in [0.25, 0.3) is 0 Å². The van der Waals surface area contributed by atoms with E-state index < -0.39 is 0 Å². The SMILES string of the molecule is Cc1cccnc1CN1CCC(NC(C)C)C1. The van der Waals surface area contributed by atoms with Crippen LogP contribution in [0.2, 0.25) is 0 Å². The molecule has 0 aliphatic carbocycles. The van der Waals surface area contributed by atoms with E-state index in [-0.39, 0.29) is 0 Å². The normalized spacial score (nSPS) is 21.3. The molecule has 3 heteroatoms. The molecule has 1 unspecified atom stereocenters. The number of aryl methyl sites for hydroxylation is 1. The van der Waals surface area contributed by atoms with Gasteiger partial charge in [-0.1, -0.05) is 19.9 Å². The fourth-order valence-corrected chi connectivity index (χ4v) is 2.48. The molecule has 1 N–H and O–H groups in total. The maximum Gasteiger partial charge on any atom is 0.0573 e. The average Bonchev–Trinajstić information content (AvgIpc) is 2.68.